The number of nitrogens with zero attached hydrogens (tertiary/aromatic N) is 1. The Bertz CT molecular complexity index is 663. The molecule has 1 aromatic rings. The summed E-state index contributed by atoms with van der Waals surface area (Å²) in [7, 11) is 0. The number of hydrogen-bond acceptors (Lipinski definition) is 6. The van der Waals surface area contributed by atoms with E-state index in [9.17, 15) is 22.8 Å². The summed E-state index contributed by atoms with van der Waals surface area (Å²) in [6.07, 6.45) is -4.81. The fourth-order valence-electron chi connectivity index (χ4n) is 1.38. The van der Waals surface area contributed by atoms with Crippen LogP contribution in [-0.4, -0.2) is 25.0 Å². The van der Waals surface area contributed by atoms with Crippen molar-refractivity contribution in [2.24, 2.45) is 0 Å². The van der Waals surface area contributed by atoms with Gasteiger partial charge >= 0.3 is 12.5 Å². The van der Waals surface area contributed by atoms with E-state index in [1.165, 1.54) is 12.1 Å². The molecule has 0 saturated heterocycles. The lowest BCUT2D eigenvalue weighted by Crippen LogP contribution is -2.32. The van der Waals surface area contributed by atoms with Gasteiger partial charge in [-0.05, 0) is 31.2 Å². The predicted molar refractivity (Wildman–Crippen MR) is 75.6 cm³/mol. The van der Waals surface area contributed by atoms with E-state index in [0.29, 0.717) is 5.69 Å². The van der Waals surface area contributed by atoms with Gasteiger partial charge in [-0.15, -0.1) is 13.2 Å². The Kier molecular flexibility index (Phi) is 6.61. The zero-order chi connectivity index (χ0) is 18.2. The standard InChI is InChI=1S/C14H12F3N3O4/c1-2-23-13(22)20-12(21)9(7-18)8-19-10-3-5-11(6-4-10)24-14(15,16)17/h3-6,8,19H,2H2,1H3,(H,20,21,22). The van der Waals surface area contributed by atoms with Gasteiger partial charge < -0.3 is 14.8 Å². The summed E-state index contributed by atoms with van der Waals surface area (Å²) < 4.78 is 44.3. The molecule has 7 nitrogen and oxygen atoms in total. The van der Waals surface area contributed by atoms with E-state index in [1.807, 2.05) is 5.32 Å². The molecule has 0 saturated carbocycles. The molecule has 0 unspecified atom stereocenters. The Morgan fingerprint density at radius 2 is 1.92 bits per heavy atom. The van der Waals surface area contributed by atoms with E-state index >= 15 is 0 Å². The molecule has 0 heterocycles. The fourth-order valence-corrected chi connectivity index (χ4v) is 1.38. The maximum absolute atomic E-state index is 12.0. The second-order valence-corrected chi connectivity index (χ2v) is 4.06. The normalized spacial score (nSPS) is 11.2. The molecule has 0 aliphatic rings. The van der Waals surface area contributed by atoms with Crippen LogP contribution in [0.4, 0.5) is 23.7 Å². The van der Waals surface area contributed by atoms with Crippen LogP contribution in [0.5, 0.6) is 5.75 Å². The predicted octanol–water partition coefficient (Wildman–Crippen LogP) is 2.68. The van der Waals surface area contributed by atoms with Crippen molar-refractivity contribution >= 4 is 17.7 Å². The van der Waals surface area contributed by atoms with Gasteiger partial charge in [0.15, 0.2) is 0 Å². The number of alkyl carbamates (subject to hydrolysis) is 1. The van der Waals surface area contributed by atoms with E-state index in [-0.39, 0.29) is 6.61 Å². The van der Waals surface area contributed by atoms with E-state index in [1.54, 1.807) is 13.0 Å². The first-order valence-corrected chi connectivity index (χ1v) is 6.46. The van der Waals surface area contributed by atoms with Crippen LogP contribution in [0.25, 0.3) is 0 Å². The number of imide groups is 1. The summed E-state index contributed by atoms with van der Waals surface area (Å²) >= 11 is 0. The van der Waals surface area contributed by atoms with Crippen LogP contribution in [0.2, 0.25) is 0 Å². The molecular weight excluding hydrogens is 331 g/mol. The minimum atomic E-state index is -4.80. The van der Waals surface area contributed by atoms with Crippen LogP contribution in [0, 0.1) is 11.3 Å². The number of hydrogen-bond donors (Lipinski definition) is 2. The Morgan fingerprint density at radius 1 is 1.29 bits per heavy atom. The summed E-state index contributed by atoms with van der Waals surface area (Å²) in [5.74, 6) is -1.40. The first-order chi connectivity index (χ1) is 11.2. The highest BCUT2D eigenvalue weighted by atomic mass is 19.4. The third kappa shape index (κ3) is 6.69. The molecule has 0 aromatic heterocycles. The van der Waals surface area contributed by atoms with Crippen molar-refractivity contribution in [3.63, 3.8) is 0 Å². The number of amides is 2. The van der Waals surface area contributed by atoms with Crippen molar-refractivity contribution in [3.05, 3.63) is 36.0 Å². The Balaban J connectivity index is 2.70. The van der Waals surface area contributed by atoms with E-state index in [2.05, 4.69) is 14.8 Å². The van der Waals surface area contributed by atoms with Gasteiger partial charge in [0, 0.05) is 11.9 Å². The number of nitrogens with one attached hydrogen (secondary N) is 2. The number of rotatable bonds is 5. The first kappa shape index (κ1) is 18.8. The van der Waals surface area contributed by atoms with Crippen LogP contribution in [-0.2, 0) is 9.53 Å². The second-order valence-electron chi connectivity index (χ2n) is 4.06. The van der Waals surface area contributed by atoms with Gasteiger partial charge in [0.25, 0.3) is 5.91 Å². The number of halogens is 3. The number of benzene rings is 1. The molecule has 0 aliphatic heterocycles. The van der Waals surface area contributed by atoms with Gasteiger partial charge in [-0.25, -0.2) is 4.79 Å². The SMILES string of the molecule is CCOC(=O)NC(=O)C(C#N)=CNc1ccc(OC(F)(F)F)cc1. The number of ether oxygens (including phenoxy) is 2. The maximum Gasteiger partial charge on any atom is 0.573 e. The smallest absolute Gasteiger partial charge is 0.450 e. The highest BCUT2D eigenvalue weighted by Gasteiger charge is 2.30. The molecule has 0 radical (unpaired) electrons. The molecular formula is C14H12F3N3O4. The summed E-state index contributed by atoms with van der Waals surface area (Å²) in [5.41, 5.74) is -0.139. The second kappa shape index (κ2) is 8.42. The minimum Gasteiger partial charge on any atom is -0.450 e. The van der Waals surface area contributed by atoms with Gasteiger partial charge in [-0.1, -0.05) is 0 Å². The molecule has 0 aliphatic carbocycles. The van der Waals surface area contributed by atoms with Crippen molar-refractivity contribution in [1.82, 2.24) is 5.32 Å². The van der Waals surface area contributed by atoms with Crippen molar-refractivity contribution in [1.29, 1.82) is 5.26 Å². The lowest BCUT2D eigenvalue weighted by molar-refractivity contribution is -0.274. The first-order valence-electron chi connectivity index (χ1n) is 6.46. The molecule has 10 heteroatoms. The largest absolute Gasteiger partial charge is 0.573 e. The van der Waals surface area contributed by atoms with E-state index in [4.69, 9.17) is 5.26 Å². The van der Waals surface area contributed by atoms with Gasteiger partial charge in [0.1, 0.15) is 17.4 Å². The van der Waals surface area contributed by atoms with Crippen molar-refractivity contribution in [2.45, 2.75) is 13.3 Å². The fraction of sp³-hybridized carbons (Fsp3) is 0.214. The summed E-state index contributed by atoms with van der Waals surface area (Å²) in [6, 6.07) is 6.16. The number of nitriles is 1. The molecule has 1 rings (SSSR count). The summed E-state index contributed by atoms with van der Waals surface area (Å²) in [6.45, 7) is 1.59. The van der Waals surface area contributed by atoms with Gasteiger partial charge in [-0.3, -0.25) is 10.1 Å². The van der Waals surface area contributed by atoms with E-state index in [0.717, 1.165) is 18.3 Å². The molecule has 128 valence electrons. The summed E-state index contributed by atoms with van der Waals surface area (Å²) in [4.78, 5) is 22.7. The zero-order valence-electron chi connectivity index (χ0n) is 12.3. The average Bonchev–Trinajstić information content (AvgIpc) is 2.48. The lowest BCUT2D eigenvalue weighted by Gasteiger charge is -2.09. The van der Waals surface area contributed by atoms with Gasteiger partial charge in [-0.2, -0.15) is 5.26 Å². The molecule has 0 atom stereocenters. The highest BCUT2D eigenvalue weighted by molar-refractivity contribution is 6.05. The number of alkyl halides is 3. The highest BCUT2D eigenvalue weighted by Crippen LogP contribution is 2.23. The topological polar surface area (TPSA) is 100 Å². The molecule has 0 bridgehead atoms. The molecule has 2 amide bonds. The zero-order valence-corrected chi connectivity index (χ0v) is 12.3. The molecule has 2 N–H and O–H groups in total. The average molecular weight is 343 g/mol. The maximum atomic E-state index is 12.0. The van der Waals surface area contributed by atoms with Crippen LogP contribution in [0.15, 0.2) is 36.0 Å². The molecule has 0 fully saturated rings. The number of carbonyl (C=O) groups is 2. The third-order valence-corrected chi connectivity index (χ3v) is 2.33. The van der Waals surface area contributed by atoms with Crippen LogP contribution in [0.1, 0.15) is 6.92 Å². The van der Waals surface area contributed by atoms with E-state index < -0.39 is 29.7 Å². The van der Waals surface area contributed by atoms with Crippen LogP contribution in [0.3, 0.4) is 0 Å². The number of anilines is 1. The Morgan fingerprint density at radius 3 is 2.42 bits per heavy atom. The third-order valence-electron chi connectivity index (χ3n) is 2.33. The lowest BCUT2D eigenvalue weighted by atomic mass is 10.2. The van der Waals surface area contributed by atoms with Crippen molar-refractivity contribution in [2.75, 3.05) is 11.9 Å². The Hall–Kier alpha value is -3.22. The quantitative estimate of drug-likeness (QED) is 0.630. The van der Waals surface area contributed by atoms with Crippen molar-refractivity contribution in [3.8, 4) is 11.8 Å². The summed E-state index contributed by atoms with van der Waals surface area (Å²) in [5, 5.41) is 13.2. The molecule has 0 spiro atoms. The monoisotopic (exact) mass is 343 g/mol. The Labute approximate surface area is 134 Å². The molecule has 1 aromatic carbocycles. The van der Waals surface area contributed by atoms with Crippen molar-refractivity contribution < 1.29 is 32.2 Å². The minimum absolute atomic E-state index is 0.0509. The molecule has 24 heavy (non-hydrogen) atoms. The van der Waals surface area contributed by atoms with Crippen LogP contribution < -0.4 is 15.4 Å². The van der Waals surface area contributed by atoms with Crippen LogP contribution >= 0.6 is 0 Å². The van der Waals surface area contributed by atoms with Gasteiger partial charge in [0.2, 0.25) is 0 Å². The number of carbonyl (C=O) groups excluding carboxylic acids is 2. The van der Waals surface area contributed by atoms with Gasteiger partial charge in [0.05, 0.1) is 6.61 Å².